The van der Waals surface area contributed by atoms with E-state index in [0.29, 0.717) is 11.8 Å². The molecule has 1 unspecified atom stereocenters. The third-order valence-electron chi connectivity index (χ3n) is 4.78. The van der Waals surface area contributed by atoms with Crippen LogP contribution < -0.4 is 5.73 Å². The van der Waals surface area contributed by atoms with Crippen molar-refractivity contribution in [1.29, 1.82) is 0 Å². The molecule has 1 aliphatic heterocycles. The Kier molecular flexibility index (Phi) is 5.62. The highest BCUT2D eigenvalue weighted by Crippen LogP contribution is 2.37. The quantitative estimate of drug-likeness (QED) is 0.524. The van der Waals surface area contributed by atoms with Crippen LogP contribution in [0.4, 0.5) is 0 Å². The molecule has 0 spiro atoms. The minimum absolute atomic E-state index is 0.0634. The Bertz CT molecular complexity index is 871. The minimum Gasteiger partial charge on any atom is -0.388 e. The molecule has 0 fully saturated rings. The molecule has 0 saturated heterocycles. The van der Waals surface area contributed by atoms with Crippen molar-refractivity contribution in [2.75, 3.05) is 6.54 Å². The molecule has 3 nitrogen and oxygen atoms in total. The second-order valence-electron chi connectivity index (χ2n) is 6.55. The maximum absolute atomic E-state index is 5.98. The van der Waals surface area contributed by atoms with Gasteiger partial charge < -0.3 is 10.6 Å². The number of halogens is 1. The topological polar surface area (TPSA) is 38.5 Å². The van der Waals surface area contributed by atoms with E-state index in [1.807, 2.05) is 11.1 Å². The van der Waals surface area contributed by atoms with Gasteiger partial charge in [0.15, 0.2) is 0 Å². The molecular weight excluding hydrogens is 420 g/mol. The van der Waals surface area contributed by atoms with Crippen molar-refractivity contribution in [3.8, 4) is 0 Å². The van der Waals surface area contributed by atoms with Gasteiger partial charge in [0.05, 0.1) is 3.79 Å². The molecular formula is C22H21BrN2OS. The zero-order chi connectivity index (χ0) is 18.6. The SMILES string of the molecule is NC1=CC(c2ccc(Br)s2)N(CCC(c2ccccc2)c2ccccc2)O1. The van der Waals surface area contributed by atoms with Crippen LogP contribution in [0.15, 0.2) is 88.5 Å². The van der Waals surface area contributed by atoms with E-state index in [2.05, 4.69) is 88.7 Å². The zero-order valence-corrected chi connectivity index (χ0v) is 17.2. The molecule has 138 valence electrons. The van der Waals surface area contributed by atoms with Crippen LogP contribution in [-0.4, -0.2) is 11.6 Å². The van der Waals surface area contributed by atoms with Gasteiger partial charge in [-0.25, -0.2) is 0 Å². The van der Waals surface area contributed by atoms with Crippen LogP contribution in [0, 0.1) is 0 Å². The number of rotatable bonds is 6. The molecule has 2 aromatic carbocycles. The molecule has 0 amide bonds. The predicted molar refractivity (Wildman–Crippen MR) is 114 cm³/mol. The van der Waals surface area contributed by atoms with Crippen molar-refractivity contribution >= 4 is 27.3 Å². The summed E-state index contributed by atoms with van der Waals surface area (Å²) in [5.41, 5.74) is 8.62. The van der Waals surface area contributed by atoms with Crippen LogP contribution in [-0.2, 0) is 4.84 Å². The monoisotopic (exact) mass is 440 g/mol. The molecule has 0 aliphatic carbocycles. The molecule has 1 aromatic heterocycles. The number of nitrogens with zero attached hydrogens (tertiary/aromatic N) is 1. The Hall–Kier alpha value is -2.08. The molecule has 5 heteroatoms. The van der Waals surface area contributed by atoms with Crippen molar-refractivity contribution in [3.05, 3.63) is 105 Å². The molecule has 0 radical (unpaired) electrons. The van der Waals surface area contributed by atoms with Crippen LogP contribution in [0.2, 0.25) is 0 Å². The van der Waals surface area contributed by atoms with Crippen molar-refractivity contribution < 1.29 is 4.84 Å². The number of nitrogens with two attached hydrogens (primary N) is 1. The minimum atomic E-state index is 0.0634. The summed E-state index contributed by atoms with van der Waals surface area (Å²) in [7, 11) is 0. The molecule has 1 atom stereocenters. The fourth-order valence-corrected chi connectivity index (χ4v) is 5.01. The van der Waals surface area contributed by atoms with E-state index in [-0.39, 0.29) is 6.04 Å². The van der Waals surface area contributed by atoms with Gasteiger partial charge in [-0.2, -0.15) is 0 Å². The van der Waals surface area contributed by atoms with Crippen LogP contribution in [0.25, 0.3) is 0 Å². The smallest absolute Gasteiger partial charge is 0.207 e. The third-order valence-corrected chi connectivity index (χ3v) is 6.48. The lowest BCUT2D eigenvalue weighted by Crippen LogP contribution is -2.25. The summed E-state index contributed by atoms with van der Waals surface area (Å²) in [6.07, 6.45) is 2.93. The van der Waals surface area contributed by atoms with E-state index in [0.717, 1.165) is 16.8 Å². The van der Waals surface area contributed by atoms with E-state index in [4.69, 9.17) is 10.6 Å². The van der Waals surface area contributed by atoms with Gasteiger partial charge in [0.25, 0.3) is 0 Å². The van der Waals surface area contributed by atoms with Gasteiger partial charge in [-0.15, -0.1) is 16.4 Å². The third kappa shape index (κ3) is 4.26. The summed E-state index contributed by atoms with van der Waals surface area (Å²) in [6.45, 7) is 0.784. The van der Waals surface area contributed by atoms with Crippen LogP contribution >= 0.6 is 27.3 Å². The number of thiophene rings is 1. The zero-order valence-electron chi connectivity index (χ0n) is 14.8. The summed E-state index contributed by atoms with van der Waals surface area (Å²) in [4.78, 5) is 7.04. The largest absolute Gasteiger partial charge is 0.388 e. The van der Waals surface area contributed by atoms with Gasteiger partial charge in [0.2, 0.25) is 5.88 Å². The normalized spacial score (nSPS) is 17.1. The molecule has 4 rings (SSSR count). The first kappa shape index (κ1) is 18.3. The van der Waals surface area contributed by atoms with Gasteiger partial charge >= 0.3 is 0 Å². The Morgan fingerprint density at radius 1 is 0.963 bits per heavy atom. The summed E-state index contributed by atoms with van der Waals surface area (Å²) in [5.74, 6) is 0.786. The fourth-order valence-electron chi connectivity index (χ4n) is 3.51. The number of hydroxylamine groups is 2. The highest BCUT2D eigenvalue weighted by Gasteiger charge is 2.29. The van der Waals surface area contributed by atoms with Crippen LogP contribution in [0.5, 0.6) is 0 Å². The van der Waals surface area contributed by atoms with Gasteiger partial charge in [-0.05, 0) is 45.6 Å². The molecule has 27 heavy (non-hydrogen) atoms. The molecule has 0 bridgehead atoms. The van der Waals surface area contributed by atoms with Gasteiger partial charge in [-0.3, -0.25) is 0 Å². The number of hydrogen-bond acceptors (Lipinski definition) is 4. The van der Waals surface area contributed by atoms with Crippen LogP contribution in [0.3, 0.4) is 0 Å². The van der Waals surface area contributed by atoms with Gasteiger partial charge in [0.1, 0.15) is 6.04 Å². The lowest BCUT2D eigenvalue weighted by molar-refractivity contribution is -0.120. The summed E-state index contributed by atoms with van der Waals surface area (Å²) in [6, 6.07) is 25.6. The van der Waals surface area contributed by atoms with E-state index in [9.17, 15) is 0 Å². The van der Waals surface area contributed by atoms with Crippen molar-refractivity contribution in [2.45, 2.75) is 18.4 Å². The van der Waals surface area contributed by atoms with Gasteiger partial charge in [-0.1, -0.05) is 60.7 Å². The highest BCUT2D eigenvalue weighted by atomic mass is 79.9. The Morgan fingerprint density at radius 3 is 2.15 bits per heavy atom. The molecule has 1 aliphatic rings. The molecule has 3 aromatic rings. The van der Waals surface area contributed by atoms with E-state index < -0.39 is 0 Å². The summed E-state index contributed by atoms with van der Waals surface area (Å²) >= 11 is 5.26. The first-order chi connectivity index (χ1) is 13.2. The van der Waals surface area contributed by atoms with E-state index in [1.165, 1.54) is 16.0 Å². The summed E-state index contributed by atoms with van der Waals surface area (Å²) in [5, 5.41) is 1.99. The first-order valence-electron chi connectivity index (χ1n) is 8.98. The first-order valence-corrected chi connectivity index (χ1v) is 10.6. The van der Waals surface area contributed by atoms with Crippen LogP contribution in [0.1, 0.15) is 34.4 Å². The fraction of sp³-hybridized carbons (Fsp3) is 0.182. The second-order valence-corrected chi connectivity index (χ2v) is 9.04. The predicted octanol–water partition coefficient (Wildman–Crippen LogP) is 5.82. The molecule has 2 heterocycles. The van der Waals surface area contributed by atoms with E-state index in [1.54, 1.807) is 11.3 Å². The number of benzene rings is 2. The lowest BCUT2D eigenvalue weighted by Gasteiger charge is -2.25. The maximum Gasteiger partial charge on any atom is 0.207 e. The summed E-state index contributed by atoms with van der Waals surface area (Å²) < 4.78 is 1.11. The average molecular weight is 441 g/mol. The maximum atomic E-state index is 5.98. The molecule has 0 saturated carbocycles. The van der Waals surface area contributed by atoms with Gasteiger partial charge in [0, 0.05) is 23.4 Å². The Labute approximate surface area is 172 Å². The average Bonchev–Trinajstić information content (AvgIpc) is 3.29. The van der Waals surface area contributed by atoms with E-state index >= 15 is 0 Å². The highest BCUT2D eigenvalue weighted by molar-refractivity contribution is 9.11. The standard InChI is InChI=1S/C22H21BrN2OS/c23-21-12-11-20(27-21)19-15-22(24)26-25(19)14-13-18(16-7-3-1-4-8-16)17-9-5-2-6-10-17/h1-12,15,18-19H,13-14,24H2. The second kappa shape index (κ2) is 8.30. The Morgan fingerprint density at radius 2 is 1.59 bits per heavy atom. The van der Waals surface area contributed by atoms with Crippen molar-refractivity contribution in [2.24, 2.45) is 5.73 Å². The Balaban J connectivity index is 1.54. The van der Waals surface area contributed by atoms with Crippen molar-refractivity contribution in [1.82, 2.24) is 5.06 Å². The number of hydrogen-bond donors (Lipinski definition) is 1. The van der Waals surface area contributed by atoms with Crippen molar-refractivity contribution in [3.63, 3.8) is 0 Å². The molecule has 2 N–H and O–H groups in total. The lowest BCUT2D eigenvalue weighted by atomic mass is 9.88.